The van der Waals surface area contributed by atoms with E-state index in [0.29, 0.717) is 12.2 Å². The lowest BCUT2D eigenvalue weighted by Gasteiger charge is -2.10. The molecule has 3 aromatic rings. The maximum atomic E-state index is 11.3. The second kappa shape index (κ2) is 7.45. The summed E-state index contributed by atoms with van der Waals surface area (Å²) in [5.74, 6) is 0.0415. The number of aliphatic hydroxyl groups is 1. The normalized spacial score (nSPS) is 12.8. The molecule has 3 aromatic carbocycles. The summed E-state index contributed by atoms with van der Waals surface area (Å²) >= 11 is 0. The van der Waals surface area contributed by atoms with E-state index in [-0.39, 0.29) is 0 Å². The minimum absolute atomic E-state index is 0.404. The number of carbonyl (C=O) groups excluding carboxylic acids is 1. The van der Waals surface area contributed by atoms with Crippen molar-refractivity contribution < 1.29 is 14.6 Å². The average Bonchev–Trinajstić information content (AvgIpc) is 3.10. The highest BCUT2D eigenvalue weighted by molar-refractivity contribution is 5.84. The maximum absolute atomic E-state index is 11.3. The third-order valence-electron chi connectivity index (χ3n) is 5.25. The Hall–Kier alpha value is -3.17. The van der Waals surface area contributed by atoms with Crippen LogP contribution >= 0.6 is 0 Å². The van der Waals surface area contributed by atoms with Crippen molar-refractivity contribution in [2.24, 2.45) is 0 Å². The lowest BCUT2D eigenvalue weighted by molar-refractivity contribution is -0.128. The number of hydrogen-bond acceptors (Lipinski definition) is 3. The highest BCUT2D eigenvalue weighted by atomic mass is 16.5. The second-order valence-corrected chi connectivity index (χ2v) is 7.04. The van der Waals surface area contributed by atoms with Gasteiger partial charge in [0.15, 0.2) is 0 Å². The summed E-state index contributed by atoms with van der Waals surface area (Å²) in [7, 11) is 0. The lowest BCUT2D eigenvalue weighted by Crippen LogP contribution is -2.02. The largest absolute Gasteiger partial charge is 0.423 e. The van der Waals surface area contributed by atoms with E-state index in [2.05, 4.69) is 36.9 Å². The van der Waals surface area contributed by atoms with Gasteiger partial charge in [-0.3, -0.25) is 0 Å². The van der Waals surface area contributed by atoms with Gasteiger partial charge in [0.2, 0.25) is 0 Å². The number of fused-ring (bicyclic) bond motifs is 3. The van der Waals surface area contributed by atoms with Crippen LogP contribution in [0.15, 0.2) is 73.3 Å². The quantitative estimate of drug-likeness (QED) is 0.288. The smallest absolute Gasteiger partial charge is 0.335 e. The van der Waals surface area contributed by atoms with Gasteiger partial charge < -0.3 is 9.84 Å². The average molecular weight is 370 g/mol. The highest BCUT2D eigenvalue weighted by Crippen LogP contribution is 2.40. The van der Waals surface area contributed by atoms with E-state index in [0.717, 1.165) is 29.2 Å². The molecule has 4 rings (SSSR count). The first-order chi connectivity index (χ1) is 13.6. The molecule has 0 heterocycles. The molecule has 0 amide bonds. The second-order valence-electron chi connectivity index (χ2n) is 7.04. The van der Waals surface area contributed by atoms with Gasteiger partial charge >= 0.3 is 5.97 Å². The molecule has 0 aliphatic heterocycles. The highest BCUT2D eigenvalue weighted by Gasteiger charge is 2.20. The Morgan fingerprint density at radius 1 is 1.04 bits per heavy atom. The Balaban J connectivity index is 1.60. The van der Waals surface area contributed by atoms with Gasteiger partial charge in [-0.2, -0.15) is 0 Å². The molecule has 3 heteroatoms. The van der Waals surface area contributed by atoms with Crippen LogP contribution in [0, 0.1) is 0 Å². The summed E-state index contributed by atoms with van der Waals surface area (Å²) in [6.07, 6.45) is 2.33. The zero-order valence-electron chi connectivity index (χ0n) is 15.8. The zero-order chi connectivity index (χ0) is 19.7. The van der Waals surface area contributed by atoms with Crippen molar-refractivity contribution in [1.82, 2.24) is 0 Å². The van der Waals surface area contributed by atoms with Crippen LogP contribution in [0.1, 0.15) is 36.1 Å². The topological polar surface area (TPSA) is 46.5 Å². The van der Waals surface area contributed by atoms with Crippen molar-refractivity contribution in [3.63, 3.8) is 0 Å². The SMILES string of the molecule is C=CC(=O)Oc1ccc(-c2ccc3c(c2)Cc2cc(C(O)CC)ccc2-3)cc1. The molecule has 1 aliphatic carbocycles. The van der Waals surface area contributed by atoms with E-state index >= 15 is 0 Å². The van der Waals surface area contributed by atoms with Crippen LogP contribution in [0.4, 0.5) is 0 Å². The zero-order valence-corrected chi connectivity index (χ0v) is 15.8. The number of hydrogen-bond donors (Lipinski definition) is 1. The first-order valence-electron chi connectivity index (χ1n) is 9.48. The molecule has 0 aromatic heterocycles. The fourth-order valence-electron chi connectivity index (χ4n) is 3.73. The van der Waals surface area contributed by atoms with Gasteiger partial charge in [0.1, 0.15) is 5.75 Å². The van der Waals surface area contributed by atoms with Gasteiger partial charge in [-0.05, 0) is 63.9 Å². The summed E-state index contributed by atoms with van der Waals surface area (Å²) in [5.41, 5.74) is 8.25. The Morgan fingerprint density at radius 2 is 1.68 bits per heavy atom. The molecule has 1 N–H and O–H groups in total. The summed E-state index contributed by atoms with van der Waals surface area (Å²) in [6, 6.07) is 20.3. The Labute approximate surface area is 164 Å². The number of ether oxygens (including phenoxy) is 1. The van der Waals surface area contributed by atoms with Gasteiger partial charge in [0.25, 0.3) is 0 Å². The Bertz CT molecular complexity index is 1050. The van der Waals surface area contributed by atoms with Gasteiger partial charge in [-0.1, -0.05) is 62.0 Å². The number of carbonyl (C=O) groups is 1. The number of benzene rings is 3. The van der Waals surface area contributed by atoms with Gasteiger partial charge in [0.05, 0.1) is 6.10 Å². The molecule has 0 fully saturated rings. The van der Waals surface area contributed by atoms with E-state index in [1.165, 1.54) is 22.3 Å². The molecule has 0 saturated carbocycles. The molecule has 0 radical (unpaired) electrons. The summed E-state index contributed by atoms with van der Waals surface area (Å²) in [6.45, 7) is 5.39. The van der Waals surface area contributed by atoms with Crippen molar-refractivity contribution in [3.8, 4) is 28.0 Å². The number of rotatable bonds is 5. The maximum Gasteiger partial charge on any atom is 0.335 e. The minimum atomic E-state index is -0.462. The predicted octanol–water partition coefficient (Wildman–Crippen LogP) is 5.46. The molecule has 0 saturated heterocycles. The van der Waals surface area contributed by atoms with Crippen LogP contribution in [0.2, 0.25) is 0 Å². The predicted molar refractivity (Wildman–Crippen MR) is 111 cm³/mol. The van der Waals surface area contributed by atoms with E-state index in [1.54, 1.807) is 12.1 Å². The molecule has 28 heavy (non-hydrogen) atoms. The monoisotopic (exact) mass is 370 g/mol. The third-order valence-corrected chi connectivity index (χ3v) is 5.25. The van der Waals surface area contributed by atoms with Gasteiger partial charge in [-0.15, -0.1) is 0 Å². The summed E-state index contributed by atoms with van der Waals surface area (Å²) in [5, 5.41) is 10.1. The summed E-state index contributed by atoms with van der Waals surface area (Å²) in [4.78, 5) is 11.3. The number of esters is 1. The van der Waals surface area contributed by atoms with Crippen LogP contribution < -0.4 is 4.74 Å². The van der Waals surface area contributed by atoms with Crippen LogP contribution in [0.25, 0.3) is 22.3 Å². The fourth-order valence-corrected chi connectivity index (χ4v) is 3.73. The van der Waals surface area contributed by atoms with Crippen molar-refractivity contribution in [3.05, 3.63) is 90.0 Å². The van der Waals surface area contributed by atoms with Crippen LogP contribution in [-0.2, 0) is 11.2 Å². The molecule has 3 nitrogen and oxygen atoms in total. The van der Waals surface area contributed by atoms with E-state index in [9.17, 15) is 9.90 Å². The van der Waals surface area contributed by atoms with Crippen LogP contribution in [0.5, 0.6) is 5.75 Å². The van der Waals surface area contributed by atoms with Crippen LogP contribution in [-0.4, -0.2) is 11.1 Å². The van der Waals surface area contributed by atoms with Gasteiger partial charge in [0, 0.05) is 6.08 Å². The molecule has 1 atom stereocenters. The first kappa shape index (κ1) is 18.2. The Kier molecular flexibility index (Phi) is 4.84. The molecule has 0 bridgehead atoms. The van der Waals surface area contributed by atoms with E-state index in [4.69, 9.17) is 4.74 Å². The van der Waals surface area contributed by atoms with E-state index in [1.807, 2.05) is 25.1 Å². The summed E-state index contributed by atoms with van der Waals surface area (Å²) < 4.78 is 5.13. The molecule has 140 valence electrons. The van der Waals surface area contributed by atoms with Gasteiger partial charge in [-0.25, -0.2) is 4.79 Å². The standard InChI is InChI=1S/C25H22O3/c1-3-24(26)18-8-12-23-20(14-18)15-19-13-17(7-11-22(19)23)16-5-9-21(10-6-16)28-25(27)4-2/h4-14,24,26H,2-3,15H2,1H3. The molecule has 1 aliphatic rings. The van der Waals surface area contributed by atoms with Crippen molar-refractivity contribution in [2.75, 3.05) is 0 Å². The lowest BCUT2D eigenvalue weighted by atomic mass is 9.98. The molecular weight excluding hydrogens is 348 g/mol. The van der Waals surface area contributed by atoms with Crippen molar-refractivity contribution in [2.45, 2.75) is 25.9 Å². The number of aliphatic hydroxyl groups excluding tert-OH is 1. The van der Waals surface area contributed by atoms with Crippen molar-refractivity contribution in [1.29, 1.82) is 0 Å². The van der Waals surface area contributed by atoms with Crippen LogP contribution in [0.3, 0.4) is 0 Å². The molecule has 1 unspecified atom stereocenters. The molecule has 0 spiro atoms. The van der Waals surface area contributed by atoms with Crippen molar-refractivity contribution >= 4 is 5.97 Å². The Morgan fingerprint density at radius 3 is 2.36 bits per heavy atom. The fraction of sp³-hybridized carbons (Fsp3) is 0.160. The first-order valence-corrected chi connectivity index (χ1v) is 9.48. The van der Waals surface area contributed by atoms with E-state index < -0.39 is 12.1 Å². The minimum Gasteiger partial charge on any atom is -0.423 e. The third kappa shape index (κ3) is 3.37. The molecular formula is C25H22O3.